The van der Waals surface area contributed by atoms with E-state index in [-0.39, 0.29) is 5.41 Å². The summed E-state index contributed by atoms with van der Waals surface area (Å²) in [7, 11) is 1.98. The van der Waals surface area contributed by atoms with Gasteiger partial charge in [0.2, 0.25) is 0 Å². The largest absolute Gasteiger partial charge is 0.361 e. The lowest BCUT2D eigenvalue weighted by molar-refractivity contribution is 0.562. The molecule has 0 saturated carbocycles. The first-order valence-corrected chi connectivity index (χ1v) is 7.00. The minimum atomic E-state index is 0.0168. The molecule has 6 nitrogen and oxygen atoms in total. The van der Waals surface area contributed by atoms with Gasteiger partial charge in [0.05, 0.1) is 12.2 Å². The Balaban J connectivity index is 1.92. The molecule has 0 aliphatic rings. The average Bonchev–Trinajstić information content (AvgIpc) is 3.02. The minimum Gasteiger partial charge on any atom is -0.361 e. The first-order chi connectivity index (χ1) is 9.95. The van der Waals surface area contributed by atoms with Gasteiger partial charge in [-0.3, -0.25) is 0 Å². The van der Waals surface area contributed by atoms with Crippen LogP contribution in [0.25, 0.3) is 5.52 Å². The second kappa shape index (κ2) is 4.87. The van der Waals surface area contributed by atoms with Gasteiger partial charge in [-0.05, 0) is 6.07 Å². The van der Waals surface area contributed by atoms with E-state index in [0.29, 0.717) is 6.54 Å². The highest BCUT2D eigenvalue weighted by Crippen LogP contribution is 2.24. The number of hydrogen-bond donors (Lipinski definition) is 1. The number of aryl methyl sites for hydroxylation is 1. The fourth-order valence-corrected chi connectivity index (χ4v) is 2.15. The number of nitrogens with one attached hydrogen (secondary N) is 1. The molecule has 0 aliphatic carbocycles. The highest BCUT2D eigenvalue weighted by Gasteiger charge is 2.19. The van der Waals surface area contributed by atoms with Crippen LogP contribution < -0.4 is 5.32 Å². The van der Waals surface area contributed by atoms with E-state index < -0.39 is 0 Å². The lowest BCUT2D eigenvalue weighted by Gasteiger charge is -2.13. The third kappa shape index (κ3) is 2.61. The Labute approximate surface area is 123 Å². The number of imidazole rings is 1. The number of fused-ring (bicyclic) bond motifs is 1. The minimum absolute atomic E-state index is 0.0168. The van der Waals surface area contributed by atoms with Crippen molar-refractivity contribution in [3.63, 3.8) is 0 Å². The van der Waals surface area contributed by atoms with Gasteiger partial charge in [-0.15, -0.1) is 0 Å². The van der Waals surface area contributed by atoms with Gasteiger partial charge >= 0.3 is 0 Å². The van der Waals surface area contributed by atoms with Crippen LogP contribution in [0.3, 0.4) is 0 Å². The second-order valence-electron chi connectivity index (χ2n) is 6.19. The van der Waals surface area contributed by atoms with Crippen LogP contribution in [0.5, 0.6) is 0 Å². The van der Waals surface area contributed by atoms with E-state index in [4.69, 9.17) is 0 Å². The molecule has 3 aromatic heterocycles. The molecule has 0 amide bonds. The van der Waals surface area contributed by atoms with Crippen molar-refractivity contribution in [2.45, 2.75) is 32.7 Å². The van der Waals surface area contributed by atoms with Crippen molar-refractivity contribution in [3.8, 4) is 0 Å². The van der Waals surface area contributed by atoms with Crippen molar-refractivity contribution in [1.29, 1.82) is 0 Å². The molecular formula is C15H20N6. The summed E-state index contributed by atoms with van der Waals surface area (Å²) < 4.78 is 3.86. The summed E-state index contributed by atoms with van der Waals surface area (Å²) in [6, 6.07) is 2.09. The summed E-state index contributed by atoms with van der Waals surface area (Å²) in [5.41, 5.74) is 2.05. The van der Waals surface area contributed by atoms with Gasteiger partial charge in [-0.1, -0.05) is 20.8 Å². The molecule has 0 bridgehead atoms. The van der Waals surface area contributed by atoms with Crippen LogP contribution >= 0.6 is 0 Å². The molecule has 1 N–H and O–H groups in total. The molecular weight excluding hydrogens is 264 g/mol. The van der Waals surface area contributed by atoms with Crippen LogP contribution in [0.1, 0.15) is 32.3 Å². The third-order valence-corrected chi connectivity index (χ3v) is 3.49. The number of anilines is 1. The number of hydrogen-bond acceptors (Lipinski definition) is 4. The average molecular weight is 284 g/mol. The molecule has 0 atom stereocenters. The van der Waals surface area contributed by atoms with Gasteiger partial charge in [-0.2, -0.15) is 5.10 Å². The molecule has 3 heterocycles. The first-order valence-electron chi connectivity index (χ1n) is 7.00. The Morgan fingerprint density at radius 1 is 1.14 bits per heavy atom. The summed E-state index contributed by atoms with van der Waals surface area (Å²) in [4.78, 5) is 8.73. The molecule has 3 aromatic rings. The van der Waals surface area contributed by atoms with E-state index in [0.717, 1.165) is 22.9 Å². The maximum atomic E-state index is 4.62. The van der Waals surface area contributed by atoms with Crippen LogP contribution in [0.4, 0.5) is 5.82 Å². The maximum absolute atomic E-state index is 4.62. The van der Waals surface area contributed by atoms with Gasteiger partial charge in [0, 0.05) is 37.3 Å². The van der Waals surface area contributed by atoms with Gasteiger partial charge in [0.1, 0.15) is 11.3 Å². The molecule has 0 radical (unpaired) electrons. The lowest BCUT2D eigenvalue weighted by atomic mass is 9.92. The smallest absolute Gasteiger partial charge is 0.152 e. The predicted octanol–water partition coefficient (Wildman–Crippen LogP) is 2.37. The van der Waals surface area contributed by atoms with Gasteiger partial charge in [0.25, 0.3) is 0 Å². The summed E-state index contributed by atoms with van der Waals surface area (Å²) in [5.74, 6) is 1.79. The Hall–Kier alpha value is -2.37. The fraction of sp³-hybridized carbons (Fsp3) is 0.400. The SMILES string of the molecule is Cn1ccnc1CNc1nccn2nc(C(C)(C)C)cc12. The van der Waals surface area contributed by atoms with E-state index in [2.05, 4.69) is 47.2 Å². The van der Waals surface area contributed by atoms with Crippen molar-refractivity contribution in [2.75, 3.05) is 5.32 Å². The highest BCUT2D eigenvalue weighted by atomic mass is 15.2. The molecule has 110 valence electrons. The number of aromatic nitrogens is 5. The highest BCUT2D eigenvalue weighted by molar-refractivity contribution is 5.68. The Bertz CT molecular complexity index is 762. The van der Waals surface area contributed by atoms with Crippen molar-refractivity contribution >= 4 is 11.3 Å². The molecule has 0 spiro atoms. The second-order valence-corrected chi connectivity index (χ2v) is 6.19. The number of nitrogens with zero attached hydrogens (tertiary/aromatic N) is 5. The van der Waals surface area contributed by atoms with Gasteiger partial charge in [0.15, 0.2) is 5.82 Å². The van der Waals surface area contributed by atoms with E-state index in [1.165, 1.54) is 0 Å². The van der Waals surface area contributed by atoms with Crippen molar-refractivity contribution in [2.24, 2.45) is 7.05 Å². The standard InChI is InChI=1S/C15H20N6/c1-15(2,3)12-9-11-14(17-6-8-21(11)19-12)18-10-13-16-5-7-20(13)4/h5-9H,10H2,1-4H3,(H,17,18). The molecule has 0 fully saturated rings. The summed E-state index contributed by atoms with van der Waals surface area (Å²) >= 11 is 0. The molecule has 0 unspecified atom stereocenters. The van der Waals surface area contributed by atoms with E-state index in [9.17, 15) is 0 Å². The van der Waals surface area contributed by atoms with Crippen molar-refractivity contribution in [1.82, 2.24) is 24.1 Å². The number of rotatable bonds is 3. The van der Waals surface area contributed by atoms with Gasteiger partial charge in [-0.25, -0.2) is 14.5 Å². The summed E-state index contributed by atoms with van der Waals surface area (Å²) in [6.07, 6.45) is 7.35. The van der Waals surface area contributed by atoms with Crippen LogP contribution in [0.2, 0.25) is 0 Å². The third-order valence-electron chi connectivity index (χ3n) is 3.49. The molecule has 6 heteroatoms. The molecule has 3 rings (SSSR count). The predicted molar refractivity (Wildman–Crippen MR) is 82.2 cm³/mol. The molecule has 0 aromatic carbocycles. The quantitative estimate of drug-likeness (QED) is 0.802. The molecule has 0 aliphatic heterocycles. The van der Waals surface area contributed by atoms with Crippen LogP contribution in [0, 0.1) is 0 Å². The monoisotopic (exact) mass is 284 g/mol. The van der Waals surface area contributed by atoms with Crippen LogP contribution in [0.15, 0.2) is 30.9 Å². The zero-order valence-electron chi connectivity index (χ0n) is 12.8. The lowest BCUT2D eigenvalue weighted by Crippen LogP contribution is -2.11. The normalized spacial score (nSPS) is 12.0. The van der Waals surface area contributed by atoms with Crippen LogP contribution in [-0.2, 0) is 19.0 Å². The van der Waals surface area contributed by atoms with E-state index in [1.807, 2.05) is 28.5 Å². The Kier molecular flexibility index (Phi) is 3.16. The fourth-order valence-electron chi connectivity index (χ4n) is 2.15. The zero-order valence-corrected chi connectivity index (χ0v) is 12.8. The Morgan fingerprint density at radius 3 is 2.57 bits per heavy atom. The first kappa shape index (κ1) is 13.6. The van der Waals surface area contributed by atoms with E-state index >= 15 is 0 Å². The molecule has 21 heavy (non-hydrogen) atoms. The van der Waals surface area contributed by atoms with Crippen molar-refractivity contribution in [3.05, 3.63) is 42.4 Å². The van der Waals surface area contributed by atoms with E-state index in [1.54, 1.807) is 12.4 Å². The molecule has 0 saturated heterocycles. The summed E-state index contributed by atoms with van der Waals surface area (Å²) in [6.45, 7) is 7.10. The van der Waals surface area contributed by atoms with Gasteiger partial charge < -0.3 is 9.88 Å². The summed E-state index contributed by atoms with van der Waals surface area (Å²) in [5, 5.41) is 7.96. The topological polar surface area (TPSA) is 60.0 Å². The zero-order chi connectivity index (χ0) is 15.0. The maximum Gasteiger partial charge on any atom is 0.152 e. The van der Waals surface area contributed by atoms with Crippen molar-refractivity contribution < 1.29 is 0 Å². The van der Waals surface area contributed by atoms with Crippen LogP contribution in [-0.4, -0.2) is 24.1 Å². The Morgan fingerprint density at radius 2 is 1.90 bits per heavy atom.